The summed E-state index contributed by atoms with van der Waals surface area (Å²) in [4.78, 5) is 8.30. The molecule has 0 aromatic carbocycles. The van der Waals surface area contributed by atoms with Crippen molar-refractivity contribution in [1.82, 2.24) is 9.97 Å². The van der Waals surface area contributed by atoms with Crippen molar-refractivity contribution < 1.29 is 0 Å². The van der Waals surface area contributed by atoms with E-state index in [1.807, 2.05) is 31.3 Å². The molecule has 2 aromatic rings. The van der Waals surface area contributed by atoms with Crippen molar-refractivity contribution in [3.63, 3.8) is 0 Å². The Bertz CT molecular complexity index is 471. The highest BCUT2D eigenvalue weighted by molar-refractivity contribution is 9.10. The summed E-state index contributed by atoms with van der Waals surface area (Å²) in [7, 11) is 0. The quantitative estimate of drug-likeness (QED) is 0.937. The van der Waals surface area contributed by atoms with E-state index in [9.17, 15) is 0 Å². The van der Waals surface area contributed by atoms with Crippen LogP contribution < -0.4 is 5.32 Å². The number of halogens is 1. The molecule has 82 valence electrons. The number of nitrogens with zero attached hydrogens (tertiary/aromatic N) is 2. The molecule has 2 aromatic heterocycles. The van der Waals surface area contributed by atoms with Crippen LogP contribution in [0.15, 0.2) is 41.3 Å². The summed E-state index contributed by atoms with van der Waals surface area (Å²) in [6.07, 6.45) is 5.42. The van der Waals surface area contributed by atoms with Gasteiger partial charge in [-0.15, -0.1) is 0 Å². The molecule has 0 aliphatic rings. The maximum Gasteiger partial charge on any atom is 0.140 e. The summed E-state index contributed by atoms with van der Waals surface area (Å²) in [5, 5.41) is 3.27. The van der Waals surface area contributed by atoms with Crippen molar-refractivity contribution in [3.8, 4) is 0 Å². The number of rotatable bonds is 3. The lowest BCUT2D eigenvalue weighted by molar-refractivity contribution is 1.09. The Morgan fingerprint density at radius 3 is 2.75 bits per heavy atom. The Hall–Kier alpha value is -1.42. The molecule has 0 amide bonds. The zero-order chi connectivity index (χ0) is 11.4. The van der Waals surface area contributed by atoms with Crippen LogP contribution in [0.25, 0.3) is 0 Å². The summed E-state index contributed by atoms with van der Waals surface area (Å²) >= 11 is 3.48. The molecule has 16 heavy (non-hydrogen) atoms. The third kappa shape index (κ3) is 2.79. The topological polar surface area (TPSA) is 37.8 Å². The number of aromatic nitrogens is 2. The van der Waals surface area contributed by atoms with Crippen LogP contribution in [0.5, 0.6) is 0 Å². The van der Waals surface area contributed by atoms with Crippen molar-refractivity contribution in [1.29, 1.82) is 0 Å². The van der Waals surface area contributed by atoms with Gasteiger partial charge in [0.05, 0.1) is 4.47 Å². The molecule has 0 unspecified atom stereocenters. The molecule has 0 bridgehead atoms. The van der Waals surface area contributed by atoms with Crippen LogP contribution in [0.2, 0.25) is 0 Å². The minimum absolute atomic E-state index is 0.747. The lowest BCUT2D eigenvalue weighted by Crippen LogP contribution is -2.02. The maximum atomic E-state index is 4.32. The van der Waals surface area contributed by atoms with Crippen LogP contribution in [-0.4, -0.2) is 9.97 Å². The van der Waals surface area contributed by atoms with Gasteiger partial charge in [-0.3, -0.25) is 4.98 Å². The smallest absolute Gasteiger partial charge is 0.140 e. The van der Waals surface area contributed by atoms with Gasteiger partial charge in [-0.1, -0.05) is 0 Å². The second kappa shape index (κ2) is 5.07. The second-order valence-electron chi connectivity index (χ2n) is 3.55. The fourth-order valence-corrected chi connectivity index (χ4v) is 1.95. The third-order valence-electron chi connectivity index (χ3n) is 2.19. The molecular formula is C12H12BrN3. The van der Waals surface area contributed by atoms with Crippen molar-refractivity contribution in [2.75, 3.05) is 5.32 Å². The van der Waals surface area contributed by atoms with E-state index in [0.717, 1.165) is 22.4 Å². The maximum absolute atomic E-state index is 4.32. The Labute approximate surface area is 103 Å². The monoisotopic (exact) mass is 277 g/mol. The van der Waals surface area contributed by atoms with E-state index in [1.54, 1.807) is 12.4 Å². The predicted molar refractivity (Wildman–Crippen MR) is 68.2 cm³/mol. The second-order valence-corrected chi connectivity index (χ2v) is 4.41. The van der Waals surface area contributed by atoms with E-state index in [2.05, 4.69) is 31.2 Å². The normalized spacial score (nSPS) is 10.1. The van der Waals surface area contributed by atoms with Crippen LogP contribution in [0.1, 0.15) is 11.1 Å². The first-order chi connectivity index (χ1) is 7.75. The van der Waals surface area contributed by atoms with E-state index >= 15 is 0 Å². The standard InChI is InChI=1S/C12H12BrN3/c1-9-6-11(13)12(15-7-9)16-8-10-2-4-14-5-3-10/h2-7H,8H2,1H3,(H,15,16). The first kappa shape index (κ1) is 11.1. The van der Waals surface area contributed by atoms with Gasteiger partial charge in [0.1, 0.15) is 5.82 Å². The van der Waals surface area contributed by atoms with Gasteiger partial charge in [0.2, 0.25) is 0 Å². The Kier molecular flexibility index (Phi) is 3.51. The highest BCUT2D eigenvalue weighted by Crippen LogP contribution is 2.20. The average Bonchev–Trinajstić information content (AvgIpc) is 2.29. The molecule has 3 nitrogen and oxygen atoms in total. The van der Waals surface area contributed by atoms with E-state index < -0.39 is 0 Å². The van der Waals surface area contributed by atoms with Gasteiger partial charge < -0.3 is 5.32 Å². The van der Waals surface area contributed by atoms with E-state index in [-0.39, 0.29) is 0 Å². The number of anilines is 1. The van der Waals surface area contributed by atoms with Crippen LogP contribution in [-0.2, 0) is 6.54 Å². The molecule has 2 heterocycles. The molecule has 0 saturated carbocycles. The molecule has 2 rings (SSSR count). The molecule has 0 saturated heterocycles. The SMILES string of the molecule is Cc1cnc(NCc2ccncc2)c(Br)c1. The highest BCUT2D eigenvalue weighted by Gasteiger charge is 2.00. The molecular weight excluding hydrogens is 266 g/mol. The number of aryl methyl sites for hydroxylation is 1. The fourth-order valence-electron chi connectivity index (χ4n) is 1.35. The van der Waals surface area contributed by atoms with Gasteiger partial charge in [-0.2, -0.15) is 0 Å². The third-order valence-corrected chi connectivity index (χ3v) is 2.79. The molecule has 4 heteroatoms. The molecule has 1 N–H and O–H groups in total. The molecule has 0 atom stereocenters. The first-order valence-electron chi connectivity index (χ1n) is 5.00. The van der Waals surface area contributed by atoms with Crippen molar-refractivity contribution >= 4 is 21.7 Å². The molecule has 0 spiro atoms. The van der Waals surface area contributed by atoms with Crippen LogP contribution in [0.4, 0.5) is 5.82 Å². The van der Waals surface area contributed by atoms with Gasteiger partial charge in [0.15, 0.2) is 0 Å². The summed E-state index contributed by atoms with van der Waals surface area (Å²) < 4.78 is 0.988. The van der Waals surface area contributed by atoms with Crippen molar-refractivity contribution in [3.05, 3.63) is 52.4 Å². The Morgan fingerprint density at radius 2 is 2.06 bits per heavy atom. The van der Waals surface area contributed by atoms with Crippen molar-refractivity contribution in [2.24, 2.45) is 0 Å². The average molecular weight is 278 g/mol. The minimum atomic E-state index is 0.747. The molecule has 0 aliphatic carbocycles. The molecule has 0 aliphatic heterocycles. The first-order valence-corrected chi connectivity index (χ1v) is 5.80. The van der Waals surface area contributed by atoms with Crippen LogP contribution in [0, 0.1) is 6.92 Å². The number of nitrogens with one attached hydrogen (secondary N) is 1. The number of pyridine rings is 2. The zero-order valence-corrected chi connectivity index (χ0v) is 10.5. The summed E-state index contributed by atoms with van der Waals surface area (Å²) in [6, 6.07) is 6.01. The summed E-state index contributed by atoms with van der Waals surface area (Å²) in [6.45, 7) is 2.77. The lowest BCUT2D eigenvalue weighted by atomic mass is 10.2. The number of hydrogen-bond acceptors (Lipinski definition) is 3. The predicted octanol–water partition coefficient (Wildman–Crippen LogP) is 3.16. The summed E-state index contributed by atoms with van der Waals surface area (Å²) in [5.74, 6) is 0.863. The summed E-state index contributed by atoms with van der Waals surface area (Å²) in [5.41, 5.74) is 2.32. The molecule has 0 fully saturated rings. The number of hydrogen-bond donors (Lipinski definition) is 1. The van der Waals surface area contributed by atoms with E-state index in [0.29, 0.717) is 0 Å². The van der Waals surface area contributed by atoms with Crippen LogP contribution >= 0.6 is 15.9 Å². The fraction of sp³-hybridized carbons (Fsp3) is 0.167. The van der Waals surface area contributed by atoms with Gasteiger partial charge in [0.25, 0.3) is 0 Å². The van der Waals surface area contributed by atoms with Gasteiger partial charge in [0, 0.05) is 25.1 Å². The van der Waals surface area contributed by atoms with Crippen molar-refractivity contribution in [2.45, 2.75) is 13.5 Å². The largest absolute Gasteiger partial charge is 0.365 e. The zero-order valence-electron chi connectivity index (χ0n) is 8.94. The Balaban J connectivity index is 2.05. The van der Waals surface area contributed by atoms with Gasteiger partial charge >= 0.3 is 0 Å². The lowest BCUT2D eigenvalue weighted by Gasteiger charge is -2.07. The van der Waals surface area contributed by atoms with E-state index in [4.69, 9.17) is 0 Å². The highest BCUT2D eigenvalue weighted by atomic mass is 79.9. The minimum Gasteiger partial charge on any atom is -0.365 e. The molecule has 0 radical (unpaired) electrons. The van der Waals surface area contributed by atoms with Crippen LogP contribution in [0.3, 0.4) is 0 Å². The van der Waals surface area contributed by atoms with Gasteiger partial charge in [-0.05, 0) is 52.2 Å². The van der Waals surface area contributed by atoms with Gasteiger partial charge in [-0.25, -0.2) is 4.98 Å². The Morgan fingerprint density at radius 1 is 1.31 bits per heavy atom. The van der Waals surface area contributed by atoms with E-state index in [1.165, 1.54) is 5.56 Å².